The van der Waals surface area contributed by atoms with E-state index in [0.29, 0.717) is 30.5 Å². The average Bonchev–Trinajstić information content (AvgIpc) is 3.30. The lowest BCUT2D eigenvalue weighted by Gasteiger charge is -2.28. The third-order valence-electron chi connectivity index (χ3n) is 6.01. The minimum atomic E-state index is -0.253. The minimum absolute atomic E-state index is 0.0441. The van der Waals surface area contributed by atoms with Gasteiger partial charge in [0, 0.05) is 11.5 Å². The summed E-state index contributed by atoms with van der Waals surface area (Å²) >= 11 is 0. The molecule has 0 saturated heterocycles. The largest absolute Gasteiger partial charge is 0.346 e. The van der Waals surface area contributed by atoms with Crippen LogP contribution in [0.25, 0.3) is 11.4 Å². The van der Waals surface area contributed by atoms with Crippen molar-refractivity contribution in [3.8, 4) is 11.4 Å². The van der Waals surface area contributed by atoms with Gasteiger partial charge in [-0.05, 0) is 50.1 Å². The summed E-state index contributed by atoms with van der Waals surface area (Å²) in [5, 5.41) is 10.7. The molecule has 2 aromatic carbocycles. The number of rotatable bonds is 7. The first-order valence-corrected chi connectivity index (χ1v) is 10.7. The second kappa shape index (κ2) is 9.67. The molecule has 0 unspecified atom stereocenters. The fourth-order valence-electron chi connectivity index (χ4n) is 4.16. The molecule has 1 aromatic heterocycles. The average molecular weight is 404 g/mol. The van der Waals surface area contributed by atoms with E-state index in [1.54, 1.807) is 0 Å². The standard InChI is InChI=1S/C24H29N5O/c25-16-18-11-13-20(14-12-18)24(30)26-21(15-17-7-3-1-4-8-17)23-27-22(28-29-23)19-9-5-2-6-10-19/h1-10,18,20-21H,11-16,25H2,(H,26,30)(H,27,28,29)/t18?,20?,21-/m0/s1. The quantitative estimate of drug-likeness (QED) is 0.561. The molecule has 1 aliphatic carbocycles. The van der Waals surface area contributed by atoms with Gasteiger partial charge in [-0.2, -0.15) is 5.10 Å². The first-order valence-electron chi connectivity index (χ1n) is 10.7. The summed E-state index contributed by atoms with van der Waals surface area (Å²) in [4.78, 5) is 17.7. The van der Waals surface area contributed by atoms with E-state index in [-0.39, 0.29) is 17.9 Å². The molecule has 1 fully saturated rings. The van der Waals surface area contributed by atoms with Crippen LogP contribution in [0.4, 0.5) is 0 Å². The highest BCUT2D eigenvalue weighted by molar-refractivity contribution is 5.79. The van der Waals surface area contributed by atoms with Crippen molar-refractivity contribution >= 4 is 5.91 Å². The molecule has 1 aliphatic rings. The van der Waals surface area contributed by atoms with Crippen LogP contribution in [-0.2, 0) is 11.2 Å². The van der Waals surface area contributed by atoms with Gasteiger partial charge >= 0.3 is 0 Å². The monoisotopic (exact) mass is 403 g/mol. The van der Waals surface area contributed by atoms with E-state index in [4.69, 9.17) is 10.7 Å². The Kier molecular flexibility index (Phi) is 6.54. The van der Waals surface area contributed by atoms with Gasteiger partial charge in [0.05, 0.1) is 6.04 Å². The molecule has 6 nitrogen and oxygen atoms in total. The maximum absolute atomic E-state index is 13.0. The van der Waals surface area contributed by atoms with Crippen LogP contribution in [-0.4, -0.2) is 27.6 Å². The highest BCUT2D eigenvalue weighted by Crippen LogP contribution is 2.29. The van der Waals surface area contributed by atoms with E-state index in [1.165, 1.54) is 0 Å². The molecule has 156 valence electrons. The van der Waals surface area contributed by atoms with Gasteiger partial charge in [-0.15, -0.1) is 0 Å². The Labute approximate surface area is 177 Å². The highest BCUT2D eigenvalue weighted by Gasteiger charge is 2.28. The summed E-state index contributed by atoms with van der Waals surface area (Å²) in [6.07, 6.45) is 4.51. The van der Waals surface area contributed by atoms with Crippen LogP contribution in [0.2, 0.25) is 0 Å². The molecule has 0 spiro atoms. The van der Waals surface area contributed by atoms with Crippen molar-refractivity contribution in [2.24, 2.45) is 17.6 Å². The van der Waals surface area contributed by atoms with Crippen molar-refractivity contribution < 1.29 is 4.79 Å². The second-order valence-corrected chi connectivity index (χ2v) is 8.11. The summed E-state index contributed by atoms with van der Waals surface area (Å²) in [5.74, 6) is 2.02. The zero-order chi connectivity index (χ0) is 20.8. The van der Waals surface area contributed by atoms with Crippen molar-refractivity contribution in [3.05, 3.63) is 72.1 Å². The highest BCUT2D eigenvalue weighted by atomic mass is 16.2. The molecule has 4 rings (SSSR count). The zero-order valence-corrected chi connectivity index (χ0v) is 17.1. The minimum Gasteiger partial charge on any atom is -0.346 e. The maximum atomic E-state index is 13.0. The van der Waals surface area contributed by atoms with E-state index < -0.39 is 0 Å². The molecule has 1 saturated carbocycles. The number of nitrogens with one attached hydrogen (secondary N) is 2. The summed E-state index contributed by atoms with van der Waals surface area (Å²) in [6, 6.07) is 19.8. The van der Waals surface area contributed by atoms with Crippen molar-refractivity contribution in [2.75, 3.05) is 6.54 Å². The molecule has 0 aliphatic heterocycles. The van der Waals surface area contributed by atoms with Crippen LogP contribution in [0, 0.1) is 11.8 Å². The Hall–Kier alpha value is -2.99. The van der Waals surface area contributed by atoms with Crippen LogP contribution in [0.15, 0.2) is 60.7 Å². The van der Waals surface area contributed by atoms with Gasteiger partial charge in [-0.25, -0.2) is 4.98 Å². The predicted octanol–water partition coefficient (Wildman–Crippen LogP) is 3.64. The number of H-pyrrole nitrogens is 1. The number of benzene rings is 2. The van der Waals surface area contributed by atoms with Crippen LogP contribution < -0.4 is 11.1 Å². The van der Waals surface area contributed by atoms with Crippen LogP contribution in [0.1, 0.15) is 43.1 Å². The first-order chi connectivity index (χ1) is 14.7. The number of aromatic amines is 1. The molecule has 1 atom stereocenters. The molecule has 30 heavy (non-hydrogen) atoms. The molecule has 6 heteroatoms. The molecule has 3 aromatic rings. The predicted molar refractivity (Wildman–Crippen MR) is 117 cm³/mol. The van der Waals surface area contributed by atoms with E-state index in [9.17, 15) is 4.79 Å². The number of hydrogen-bond donors (Lipinski definition) is 3. The Bertz CT molecular complexity index is 932. The number of carbonyl (C=O) groups excluding carboxylic acids is 1. The number of amides is 1. The van der Waals surface area contributed by atoms with Gasteiger partial charge in [0.25, 0.3) is 0 Å². The Balaban J connectivity index is 1.51. The maximum Gasteiger partial charge on any atom is 0.223 e. The van der Waals surface area contributed by atoms with Gasteiger partial charge in [0.1, 0.15) is 5.82 Å². The fraction of sp³-hybridized carbons (Fsp3) is 0.375. The van der Waals surface area contributed by atoms with Crippen molar-refractivity contribution in [1.82, 2.24) is 20.5 Å². The summed E-state index contributed by atoms with van der Waals surface area (Å²) in [5.41, 5.74) is 7.89. The first kappa shape index (κ1) is 20.3. The second-order valence-electron chi connectivity index (χ2n) is 8.11. The molecule has 0 bridgehead atoms. The number of carbonyl (C=O) groups is 1. The number of nitrogens with two attached hydrogens (primary N) is 1. The van der Waals surface area contributed by atoms with E-state index >= 15 is 0 Å². The Morgan fingerprint density at radius 1 is 1.03 bits per heavy atom. The molecule has 0 radical (unpaired) electrons. The van der Waals surface area contributed by atoms with Crippen molar-refractivity contribution in [2.45, 2.75) is 38.1 Å². The van der Waals surface area contributed by atoms with Gasteiger partial charge < -0.3 is 11.1 Å². The Morgan fingerprint density at radius 3 is 2.37 bits per heavy atom. The summed E-state index contributed by atoms with van der Waals surface area (Å²) in [7, 11) is 0. The van der Waals surface area contributed by atoms with Crippen LogP contribution >= 0.6 is 0 Å². The zero-order valence-electron chi connectivity index (χ0n) is 17.1. The van der Waals surface area contributed by atoms with Crippen molar-refractivity contribution in [1.29, 1.82) is 0 Å². The third-order valence-corrected chi connectivity index (χ3v) is 6.01. The molecular formula is C24H29N5O. The van der Waals surface area contributed by atoms with E-state index in [1.807, 2.05) is 48.5 Å². The van der Waals surface area contributed by atoms with E-state index in [2.05, 4.69) is 27.6 Å². The van der Waals surface area contributed by atoms with Gasteiger partial charge in [-0.1, -0.05) is 60.7 Å². The lowest BCUT2D eigenvalue weighted by Crippen LogP contribution is -2.37. The van der Waals surface area contributed by atoms with Gasteiger partial charge in [0.15, 0.2) is 5.82 Å². The topological polar surface area (TPSA) is 96.7 Å². The third kappa shape index (κ3) is 4.94. The van der Waals surface area contributed by atoms with Gasteiger partial charge in [-0.3, -0.25) is 9.89 Å². The van der Waals surface area contributed by atoms with E-state index in [0.717, 1.165) is 36.8 Å². The SMILES string of the molecule is NCC1CCC(C(=O)N[C@@H](Cc2ccccc2)c2nc(-c3ccccc3)n[nH]2)CC1. The van der Waals surface area contributed by atoms with Crippen LogP contribution in [0.5, 0.6) is 0 Å². The molecule has 4 N–H and O–H groups in total. The molecular weight excluding hydrogens is 374 g/mol. The number of hydrogen-bond acceptors (Lipinski definition) is 4. The Morgan fingerprint density at radius 2 is 1.70 bits per heavy atom. The lowest BCUT2D eigenvalue weighted by molar-refractivity contribution is -0.127. The lowest BCUT2D eigenvalue weighted by atomic mass is 9.81. The van der Waals surface area contributed by atoms with Gasteiger partial charge in [0.2, 0.25) is 5.91 Å². The number of nitrogens with zero attached hydrogens (tertiary/aromatic N) is 2. The number of aromatic nitrogens is 3. The van der Waals surface area contributed by atoms with Crippen LogP contribution in [0.3, 0.4) is 0 Å². The van der Waals surface area contributed by atoms with Crippen molar-refractivity contribution in [3.63, 3.8) is 0 Å². The molecule has 1 heterocycles. The normalized spacial score (nSPS) is 19.9. The fourth-order valence-corrected chi connectivity index (χ4v) is 4.16. The molecule has 1 amide bonds. The summed E-state index contributed by atoms with van der Waals surface area (Å²) < 4.78 is 0. The summed E-state index contributed by atoms with van der Waals surface area (Å²) in [6.45, 7) is 0.714. The smallest absolute Gasteiger partial charge is 0.223 e.